The Labute approximate surface area is 64.1 Å². The summed E-state index contributed by atoms with van der Waals surface area (Å²) < 4.78 is 0. The Balaban J connectivity index is 0.000000461. The van der Waals surface area contributed by atoms with Crippen LogP contribution in [0.5, 0.6) is 11.5 Å². The molecule has 4 nitrogen and oxygen atoms in total. The standard InChI is InChI=1S/C7H8O2.N2/c1-5-6(8)3-2-4-7(5)9;1-2/h2-4,8-9H,1H3;. The molecule has 58 valence electrons. The van der Waals surface area contributed by atoms with Crippen LogP contribution in [0, 0.1) is 17.7 Å². The summed E-state index contributed by atoms with van der Waals surface area (Å²) in [5, 5.41) is 29.9. The van der Waals surface area contributed by atoms with Crippen LogP contribution >= 0.6 is 0 Å². The normalized spacial score (nSPS) is 7.91. The van der Waals surface area contributed by atoms with Crippen LogP contribution in [-0.4, -0.2) is 10.2 Å². The Bertz CT molecular complexity index is 238. The smallest absolute Gasteiger partial charge is 0.122 e. The summed E-state index contributed by atoms with van der Waals surface area (Å²) in [7, 11) is 0. The largest absolute Gasteiger partial charge is 0.508 e. The molecule has 1 rings (SSSR count). The first-order valence-electron chi connectivity index (χ1n) is 2.89. The molecule has 0 bridgehead atoms. The van der Waals surface area contributed by atoms with Gasteiger partial charge in [-0.15, -0.1) is 0 Å². The number of phenolic OH excluding ortho intramolecular Hbond substituents is 2. The molecule has 0 spiro atoms. The molecule has 0 saturated carbocycles. The van der Waals surface area contributed by atoms with E-state index in [4.69, 9.17) is 21.0 Å². The molecule has 1 aromatic carbocycles. The Hall–Kier alpha value is -1.76. The van der Waals surface area contributed by atoms with Gasteiger partial charge in [-0.3, -0.25) is 0 Å². The predicted molar refractivity (Wildman–Crippen MR) is 38.0 cm³/mol. The number of benzene rings is 1. The fraction of sp³-hybridized carbons (Fsp3) is 0.143. The molecule has 0 radical (unpaired) electrons. The second-order valence-electron chi connectivity index (χ2n) is 1.92. The van der Waals surface area contributed by atoms with Gasteiger partial charge in [-0.2, -0.15) is 0 Å². The molecule has 1 aromatic rings. The Kier molecular flexibility index (Phi) is 3.46. The lowest BCUT2D eigenvalue weighted by Crippen LogP contribution is -1.73. The van der Waals surface area contributed by atoms with E-state index in [0.29, 0.717) is 5.56 Å². The fourth-order valence-corrected chi connectivity index (χ4v) is 0.612. The Morgan fingerprint density at radius 2 is 1.45 bits per heavy atom. The minimum Gasteiger partial charge on any atom is -0.508 e. The average Bonchev–Trinajstić information content (AvgIpc) is 2.04. The van der Waals surface area contributed by atoms with Gasteiger partial charge in [-0.1, -0.05) is 6.07 Å². The first-order chi connectivity index (χ1) is 5.22. The third kappa shape index (κ3) is 2.14. The highest BCUT2D eigenvalue weighted by molar-refractivity contribution is 5.41. The summed E-state index contributed by atoms with van der Waals surface area (Å²) >= 11 is 0. The highest BCUT2D eigenvalue weighted by atomic mass is 16.3. The van der Waals surface area contributed by atoms with Crippen LogP contribution < -0.4 is 0 Å². The van der Waals surface area contributed by atoms with Crippen LogP contribution in [0.1, 0.15) is 5.56 Å². The molecule has 0 aliphatic heterocycles. The van der Waals surface area contributed by atoms with E-state index in [1.165, 1.54) is 12.1 Å². The van der Waals surface area contributed by atoms with E-state index in [-0.39, 0.29) is 11.5 Å². The van der Waals surface area contributed by atoms with Gasteiger partial charge in [0.2, 0.25) is 0 Å². The zero-order chi connectivity index (χ0) is 8.85. The molecule has 0 aromatic heterocycles. The van der Waals surface area contributed by atoms with Crippen LogP contribution in [0.25, 0.3) is 0 Å². The maximum absolute atomic E-state index is 8.94. The zero-order valence-electron chi connectivity index (χ0n) is 6.02. The zero-order valence-corrected chi connectivity index (χ0v) is 6.02. The summed E-state index contributed by atoms with van der Waals surface area (Å²) in [5.41, 5.74) is 0.525. The van der Waals surface area contributed by atoms with Crippen molar-refractivity contribution in [2.24, 2.45) is 0 Å². The number of rotatable bonds is 0. The SMILES string of the molecule is Cc1c(O)cccc1O.N#N. The Morgan fingerprint density at radius 3 is 1.73 bits per heavy atom. The van der Waals surface area contributed by atoms with Crippen LogP contribution in [-0.2, 0) is 0 Å². The summed E-state index contributed by atoms with van der Waals surface area (Å²) in [4.78, 5) is 0. The number of hydrogen-bond donors (Lipinski definition) is 2. The number of nitrogens with zero attached hydrogens (tertiary/aromatic N) is 2. The van der Waals surface area contributed by atoms with Gasteiger partial charge in [0.05, 0.1) is 0 Å². The molecule has 0 heterocycles. The first kappa shape index (κ1) is 9.24. The number of aromatic hydroxyl groups is 2. The van der Waals surface area contributed by atoms with E-state index < -0.39 is 0 Å². The van der Waals surface area contributed by atoms with Gasteiger partial charge >= 0.3 is 0 Å². The van der Waals surface area contributed by atoms with E-state index in [2.05, 4.69) is 0 Å². The third-order valence-corrected chi connectivity index (χ3v) is 1.28. The minimum atomic E-state index is 0.134. The van der Waals surface area contributed by atoms with Crippen LogP contribution in [0.4, 0.5) is 0 Å². The van der Waals surface area contributed by atoms with Crippen molar-refractivity contribution in [3.8, 4) is 11.5 Å². The predicted octanol–water partition coefficient (Wildman–Crippen LogP) is 1.44. The van der Waals surface area contributed by atoms with Crippen molar-refractivity contribution in [2.45, 2.75) is 6.92 Å². The molecule has 0 saturated heterocycles. The van der Waals surface area contributed by atoms with E-state index in [9.17, 15) is 0 Å². The molecule has 4 heteroatoms. The summed E-state index contributed by atoms with van der Waals surface area (Å²) in [6, 6.07) is 4.67. The van der Waals surface area contributed by atoms with Crippen molar-refractivity contribution < 1.29 is 10.2 Å². The van der Waals surface area contributed by atoms with Crippen LogP contribution in [0.15, 0.2) is 18.2 Å². The molecule has 0 amide bonds. The summed E-state index contributed by atoms with van der Waals surface area (Å²) in [6.07, 6.45) is 0. The molecule has 0 aliphatic carbocycles. The molecule has 0 fully saturated rings. The van der Waals surface area contributed by atoms with Crippen molar-refractivity contribution in [2.75, 3.05) is 0 Å². The quantitative estimate of drug-likeness (QED) is 0.550. The highest BCUT2D eigenvalue weighted by Crippen LogP contribution is 2.23. The van der Waals surface area contributed by atoms with Crippen molar-refractivity contribution in [3.05, 3.63) is 23.8 Å². The van der Waals surface area contributed by atoms with E-state index >= 15 is 0 Å². The molecular weight excluding hydrogens is 144 g/mol. The number of phenols is 2. The maximum atomic E-state index is 8.94. The van der Waals surface area contributed by atoms with Crippen molar-refractivity contribution in [1.29, 1.82) is 10.8 Å². The van der Waals surface area contributed by atoms with Crippen molar-refractivity contribution in [3.63, 3.8) is 0 Å². The van der Waals surface area contributed by atoms with E-state index in [1.54, 1.807) is 13.0 Å². The summed E-state index contributed by atoms with van der Waals surface area (Å²) in [6.45, 7) is 1.66. The first-order valence-corrected chi connectivity index (χ1v) is 2.89. The lowest BCUT2D eigenvalue weighted by atomic mass is 10.2. The van der Waals surface area contributed by atoms with Gasteiger partial charge in [0.25, 0.3) is 0 Å². The molecule has 0 unspecified atom stereocenters. The third-order valence-electron chi connectivity index (χ3n) is 1.28. The van der Waals surface area contributed by atoms with Gasteiger partial charge in [0.15, 0.2) is 0 Å². The van der Waals surface area contributed by atoms with Gasteiger partial charge in [0, 0.05) is 16.3 Å². The second-order valence-corrected chi connectivity index (χ2v) is 1.92. The highest BCUT2D eigenvalue weighted by Gasteiger charge is 1.97. The molecule has 0 atom stereocenters. The van der Waals surface area contributed by atoms with Crippen LogP contribution in [0.2, 0.25) is 0 Å². The number of hydrogen-bond acceptors (Lipinski definition) is 4. The van der Waals surface area contributed by atoms with E-state index in [1.807, 2.05) is 0 Å². The lowest BCUT2D eigenvalue weighted by molar-refractivity contribution is 0.443. The van der Waals surface area contributed by atoms with Crippen molar-refractivity contribution >= 4 is 0 Å². The maximum Gasteiger partial charge on any atom is 0.122 e. The monoisotopic (exact) mass is 152 g/mol. The topological polar surface area (TPSA) is 88.0 Å². The summed E-state index contributed by atoms with van der Waals surface area (Å²) in [5.74, 6) is 0.269. The van der Waals surface area contributed by atoms with Gasteiger partial charge in [-0.05, 0) is 19.1 Å². The second kappa shape index (κ2) is 4.12. The lowest BCUT2D eigenvalue weighted by Gasteiger charge is -1.98. The molecule has 2 N–H and O–H groups in total. The van der Waals surface area contributed by atoms with Gasteiger partial charge in [-0.25, -0.2) is 0 Å². The molecule has 0 aliphatic rings. The Morgan fingerprint density at radius 1 is 1.09 bits per heavy atom. The van der Waals surface area contributed by atoms with E-state index in [0.717, 1.165) is 0 Å². The van der Waals surface area contributed by atoms with Gasteiger partial charge in [0.1, 0.15) is 11.5 Å². The fourth-order valence-electron chi connectivity index (χ4n) is 0.612. The van der Waals surface area contributed by atoms with Crippen molar-refractivity contribution in [1.82, 2.24) is 0 Å². The minimum absolute atomic E-state index is 0.134. The van der Waals surface area contributed by atoms with Gasteiger partial charge < -0.3 is 10.2 Å². The molecular formula is C7H8N2O2. The average molecular weight is 152 g/mol. The molecule has 11 heavy (non-hydrogen) atoms. The van der Waals surface area contributed by atoms with Crippen LogP contribution in [0.3, 0.4) is 0 Å².